The van der Waals surface area contributed by atoms with Crippen molar-refractivity contribution in [1.29, 1.82) is 0 Å². The Hall–Kier alpha value is -2.82. The molecular weight excluding hydrogens is 468 g/mol. The Morgan fingerprint density at radius 1 is 1.20 bits per heavy atom. The van der Waals surface area contributed by atoms with E-state index in [2.05, 4.69) is 10.2 Å². The van der Waals surface area contributed by atoms with Crippen LogP contribution in [-0.2, 0) is 19.1 Å². The van der Waals surface area contributed by atoms with Gasteiger partial charge in [0, 0.05) is 31.9 Å². The lowest BCUT2D eigenvalue weighted by atomic mass is 9.93. The molecule has 1 saturated heterocycles. The van der Waals surface area contributed by atoms with Crippen molar-refractivity contribution in [2.75, 3.05) is 53.6 Å². The van der Waals surface area contributed by atoms with Gasteiger partial charge in [-0.2, -0.15) is 0 Å². The summed E-state index contributed by atoms with van der Waals surface area (Å²) in [6.45, 7) is 6.58. The summed E-state index contributed by atoms with van der Waals surface area (Å²) in [5.74, 6) is 0.241. The number of thioether (sulfide) groups is 1. The number of nitrogens with zero attached hydrogens (tertiary/aromatic N) is 3. The number of methoxy groups -OCH3 is 2. The molecule has 4 rings (SSSR count). The van der Waals surface area contributed by atoms with E-state index in [0.717, 1.165) is 55.0 Å². The molecule has 3 aliphatic rings. The number of rotatable bonds is 9. The van der Waals surface area contributed by atoms with Crippen LogP contribution in [0.2, 0.25) is 0 Å². The van der Waals surface area contributed by atoms with Crippen LogP contribution in [0, 0.1) is 0 Å². The number of fused-ring (bicyclic) bond motifs is 1. The molecule has 0 spiro atoms. The van der Waals surface area contributed by atoms with E-state index in [1.807, 2.05) is 41.5 Å². The average molecular weight is 501 g/mol. The predicted molar refractivity (Wildman–Crippen MR) is 135 cm³/mol. The highest BCUT2D eigenvalue weighted by Gasteiger charge is 2.41. The molecule has 0 aromatic heterocycles. The normalized spacial score (nSPS) is 20.2. The van der Waals surface area contributed by atoms with Gasteiger partial charge in [0.2, 0.25) is 5.91 Å². The molecule has 0 bridgehead atoms. The molecule has 1 amide bonds. The predicted octanol–water partition coefficient (Wildman–Crippen LogP) is 2.67. The lowest BCUT2D eigenvalue weighted by Crippen LogP contribution is -2.42. The molecule has 3 aliphatic heterocycles. The summed E-state index contributed by atoms with van der Waals surface area (Å²) >= 11 is 1.47. The molecule has 1 unspecified atom stereocenters. The highest BCUT2D eigenvalue weighted by molar-refractivity contribution is 8.16. The number of amidine groups is 1. The van der Waals surface area contributed by atoms with E-state index in [0.29, 0.717) is 24.2 Å². The van der Waals surface area contributed by atoms with Crippen LogP contribution in [0.5, 0.6) is 5.75 Å². The van der Waals surface area contributed by atoms with Gasteiger partial charge >= 0.3 is 5.97 Å². The number of carbonyl (C=O) groups excluding carboxylic acids is 2. The number of morpholine rings is 1. The zero-order chi connectivity index (χ0) is 24.8. The van der Waals surface area contributed by atoms with Gasteiger partial charge < -0.3 is 24.4 Å². The van der Waals surface area contributed by atoms with Crippen LogP contribution in [-0.4, -0.2) is 80.5 Å². The number of ether oxygens (including phenoxy) is 3. The second kappa shape index (κ2) is 11.7. The molecule has 0 aliphatic carbocycles. The van der Waals surface area contributed by atoms with Crippen LogP contribution in [0.15, 0.2) is 51.6 Å². The van der Waals surface area contributed by atoms with Crippen molar-refractivity contribution in [3.05, 3.63) is 52.2 Å². The highest BCUT2D eigenvalue weighted by Crippen LogP contribution is 2.45. The maximum Gasteiger partial charge on any atom is 0.338 e. The molecule has 1 fully saturated rings. The van der Waals surface area contributed by atoms with E-state index in [9.17, 15) is 9.59 Å². The van der Waals surface area contributed by atoms with Crippen molar-refractivity contribution < 1.29 is 23.8 Å². The first-order valence-electron chi connectivity index (χ1n) is 11.8. The summed E-state index contributed by atoms with van der Waals surface area (Å²) in [6, 6.07) is 7.16. The minimum atomic E-state index is -0.446. The van der Waals surface area contributed by atoms with Crippen LogP contribution >= 0.6 is 11.8 Å². The number of amides is 1. The topological polar surface area (TPSA) is 92.7 Å². The van der Waals surface area contributed by atoms with Crippen LogP contribution in [0.3, 0.4) is 0 Å². The van der Waals surface area contributed by atoms with Gasteiger partial charge in [0.15, 0.2) is 5.17 Å². The number of esters is 1. The van der Waals surface area contributed by atoms with Crippen molar-refractivity contribution in [3.8, 4) is 5.75 Å². The van der Waals surface area contributed by atoms with Crippen molar-refractivity contribution in [2.24, 2.45) is 4.99 Å². The zero-order valence-electron chi connectivity index (χ0n) is 20.4. The Labute approximate surface area is 210 Å². The van der Waals surface area contributed by atoms with Crippen LogP contribution in [0.25, 0.3) is 0 Å². The Morgan fingerprint density at radius 2 is 1.94 bits per heavy atom. The van der Waals surface area contributed by atoms with Gasteiger partial charge in [0.1, 0.15) is 5.75 Å². The molecule has 10 heteroatoms. The Balaban J connectivity index is 1.54. The summed E-state index contributed by atoms with van der Waals surface area (Å²) in [5.41, 5.74) is 2.88. The van der Waals surface area contributed by atoms with Gasteiger partial charge in [0.05, 0.1) is 51.2 Å². The van der Waals surface area contributed by atoms with Crippen LogP contribution < -0.4 is 10.1 Å². The summed E-state index contributed by atoms with van der Waals surface area (Å²) in [5, 5.41) is 5.73. The maximum atomic E-state index is 12.9. The monoisotopic (exact) mass is 500 g/mol. The van der Waals surface area contributed by atoms with Gasteiger partial charge in [-0.15, -0.1) is 0 Å². The Kier molecular flexibility index (Phi) is 8.48. The lowest BCUT2D eigenvalue weighted by molar-refractivity contribution is -0.136. The smallest absolute Gasteiger partial charge is 0.338 e. The minimum Gasteiger partial charge on any atom is -0.497 e. The molecule has 3 heterocycles. The maximum absolute atomic E-state index is 12.9. The van der Waals surface area contributed by atoms with E-state index in [4.69, 9.17) is 19.2 Å². The zero-order valence-corrected chi connectivity index (χ0v) is 21.2. The Morgan fingerprint density at radius 3 is 2.60 bits per heavy atom. The van der Waals surface area contributed by atoms with Crippen LogP contribution in [0.4, 0.5) is 0 Å². The van der Waals surface area contributed by atoms with Crippen molar-refractivity contribution in [1.82, 2.24) is 15.1 Å². The number of benzene rings is 1. The Bertz CT molecular complexity index is 1030. The third-order valence-corrected chi connectivity index (χ3v) is 7.15. The quantitative estimate of drug-likeness (QED) is 0.518. The second-order valence-corrected chi connectivity index (χ2v) is 9.19. The fraction of sp³-hybridized carbons (Fsp3) is 0.480. The van der Waals surface area contributed by atoms with E-state index in [1.165, 1.54) is 18.9 Å². The molecule has 1 atom stereocenters. The summed E-state index contributed by atoms with van der Waals surface area (Å²) in [6.07, 6.45) is 0.782. The minimum absolute atomic E-state index is 0.0651. The molecule has 35 heavy (non-hydrogen) atoms. The van der Waals surface area contributed by atoms with Crippen molar-refractivity contribution in [3.63, 3.8) is 0 Å². The van der Waals surface area contributed by atoms with Crippen LogP contribution in [0.1, 0.15) is 31.4 Å². The molecule has 188 valence electrons. The first-order chi connectivity index (χ1) is 17.0. The molecule has 1 aromatic carbocycles. The lowest BCUT2D eigenvalue weighted by Gasteiger charge is -2.36. The highest BCUT2D eigenvalue weighted by atomic mass is 32.2. The first-order valence-corrected chi connectivity index (χ1v) is 12.7. The SMILES string of the molecule is CCC1=C(C(=O)OC)C(c2ccc(OC)cc2)N2C(CC(=O)NCCN3CCOCC3)=CSC2=N1. The van der Waals surface area contributed by atoms with Gasteiger partial charge in [-0.05, 0) is 29.5 Å². The molecule has 1 N–H and O–H groups in total. The van der Waals surface area contributed by atoms with E-state index < -0.39 is 12.0 Å². The molecule has 1 aromatic rings. The van der Waals surface area contributed by atoms with Gasteiger partial charge in [-0.25, -0.2) is 9.79 Å². The fourth-order valence-corrected chi connectivity index (χ4v) is 5.36. The number of carbonyl (C=O) groups is 2. The first kappa shape index (κ1) is 25.3. The molecule has 9 nitrogen and oxygen atoms in total. The fourth-order valence-electron chi connectivity index (χ4n) is 4.42. The summed E-state index contributed by atoms with van der Waals surface area (Å²) < 4.78 is 15.8. The number of allylic oxidation sites excluding steroid dienone is 1. The third-order valence-electron chi connectivity index (χ3n) is 6.26. The average Bonchev–Trinajstić information content (AvgIpc) is 3.29. The van der Waals surface area contributed by atoms with E-state index in [-0.39, 0.29) is 12.3 Å². The largest absolute Gasteiger partial charge is 0.497 e. The summed E-state index contributed by atoms with van der Waals surface area (Å²) in [4.78, 5) is 34.8. The standard InChI is InChI=1S/C25H32N4O5S/c1-4-20-22(24(31)33-3)23(17-5-7-19(32-2)8-6-17)29-18(16-35-25(29)27-20)15-21(30)26-9-10-28-11-13-34-14-12-28/h5-8,16,23H,4,9-15H2,1-3H3,(H,26,30). The van der Waals surface area contributed by atoms with E-state index >= 15 is 0 Å². The molecule has 0 radical (unpaired) electrons. The van der Waals surface area contributed by atoms with Gasteiger partial charge in [0.25, 0.3) is 0 Å². The number of aliphatic imine (C=N–C) groups is 1. The number of hydrogen-bond donors (Lipinski definition) is 1. The number of nitrogens with one attached hydrogen (secondary N) is 1. The van der Waals surface area contributed by atoms with Gasteiger partial charge in [-0.1, -0.05) is 30.8 Å². The number of hydrogen-bond acceptors (Lipinski definition) is 9. The summed E-state index contributed by atoms with van der Waals surface area (Å²) in [7, 11) is 3.00. The van der Waals surface area contributed by atoms with Crippen molar-refractivity contribution >= 4 is 28.8 Å². The van der Waals surface area contributed by atoms with Gasteiger partial charge in [-0.3, -0.25) is 9.69 Å². The molecule has 0 saturated carbocycles. The second-order valence-electron chi connectivity index (χ2n) is 8.35. The van der Waals surface area contributed by atoms with E-state index in [1.54, 1.807) is 7.11 Å². The molecular formula is C25H32N4O5S. The third kappa shape index (κ3) is 5.71. The van der Waals surface area contributed by atoms with Crippen molar-refractivity contribution in [2.45, 2.75) is 25.8 Å².